The third-order valence-electron chi connectivity index (χ3n) is 10.5. The minimum atomic E-state index is -0.517. The van der Waals surface area contributed by atoms with Crippen LogP contribution in [0, 0.1) is 5.82 Å². The smallest absolute Gasteiger partial charge is 0.274 e. The second kappa shape index (κ2) is 12.2. The van der Waals surface area contributed by atoms with Gasteiger partial charge in [0, 0.05) is 68.5 Å². The van der Waals surface area contributed by atoms with Crippen molar-refractivity contribution < 1.29 is 19.0 Å². The van der Waals surface area contributed by atoms with Crippen LogP contribution in [0.4, 0.5) is 27.3 Å². The number of halogens is 1. The molecule has 13 heteroatoms. The van der Waals surface area contributed by atoms with E-state index in [1.54, 1.807) is 27.9 Å². The Labute approximate surface area is 282 Å². The first-order chi connectivity index (χ1) is 24.0. The van der Waals surface area contributed by atoms with Gasteiger partial charge in [0.05, 0.1) is 54.8 Å². The fraction of sp³-hybridized carbons (Fsp3) is 0.389. The van der Waals surface area contributed by atoms with Crippen molar-refractivity contribution in [2.75, 3.05) is 61.1 Å². The molecule has 0 spiro atoms. The molecule has 2 saturated heterocycles. The molecule has 2 fully saturated rings. The Balaban J connectivity index is 1.01. The number of nitrogens with one attached hydrogen (secondary N) is 1. The average molecular weight is 664 g/mol. The van der Waals surface area contributed by atoms with Gasteiger partial charge < -0.3 is 29.5 Å². The number of rotatable bonds is 7. The first-order valence-corrected chi connectivity index (χ1v) is 17.1. The summed E-state index contributed by atoms with van der Waals surface area (Å²) in [4.78, 5) is 29.5. The van der Waals surface area contributed by atoms with Crippen molar-refractivity contribution in [1.29, 1.82) is 0 Å². The summed E-state index contributed by atoms with van der Waals surface area (Å²) in [7, 11) is 0. The summed E-state index contributed by atoms with van der Waals surface area (Å²) in [6, 6.07) is 11.0. The number of imidazole rings is 1. The third-order valence-corrected chi connectivity index (χ3v) is 10.5. The highest BCUT2D eigenvalue weighted by Gasteiger charge is 2.33. The van der Waals surface area contributed by atoms with Crippen molar-refractivity contribution in [2.24, 2.45) is 0 Å². The molecule has 7 heterocycles. The zero-order chi connectivity index (χ0) is 33.1. The number of benzene rings is 1. The number of fused-ring (bicyclic) bond motifs is 4. The SMILES string of the molecule is O=C1c2cc3c(n2CCN1c1cc(F)cc(-c2cc(Nc4ccc(N5CCN(C6COC6)CC5)cn4)c4nccn4n2)c1CO)CCCC3. The van der Waals surface area contributed by atoms with Gasteiger partial charge in [0.1, 0.15) is 17.3 Å². The number of hydrogen-bond acceptors (Lipinski definition) is 9. The molecule has 4 aliphatic rings. The zero-order valence-electron chi connectivity index (χ0n) is 27.2. The Morgan fingerprint density at radius 1 is 0.980 bits per heavy atom. The van der Waals surface area contributed by atoms with Gasteiger partial charge in [-0.1, -0.05) is 0 Å². The van der Waals surface area contributed by atoms with E-state index in [2.05, 4.69) is 30.7 Å². The van der Waals surface area contributed by atoms with Gasteiger partial charge >= 0.3 is 0 Å². The number of hydrogen-bond donors (Lipinski definition) is 2. The van der Waals surface area contributed by atoms with Gasteiger partial charge in [0.2, 0.25) is 0 Å². The number of pyridine rings is 1. The van der Waals surface area contributed by atoms with Crippen LogP contribution in [0.5, 0.6) is 0 Å². The van der Waals surface area contributed by atoms with E-state index in [1.807, 2.05) is 18.3 Å². The highest BCUT2D eigenvalue weighted by atomic mass is 19.1. The predicted octanol–water partition coefficient (Wildman–Crippen LogP) is 4.03. The Morgan fingerprint density at radius 2 is 1.84 bits per heavy atom. The van der Waals surface area contributed by atoms with Crippen molar-refractivity contribution in [2.45, 2.75) is 44.9 Å². The van der Waals surface area contributed by atoms with Gasteiger partial charge in [-0.05, 0) is 67.6 Å². The monoisotopic (exact) mass is 663 g/mol. The Morgan fingerprint density at radius 3 is 2.61 bits per heavy atom. The molecule has 0 radical (unpaired) electrons. The summed E-state index contributed by atoms with van der Waals surface area (Å²) in [6.45, 7) is 6.16. The predicted molar refractivity (Wildman–Crippen MR) is 183 cm³/mol. The standard InChI is InChI=1S/C36H38FN9O3/c37-24-16-27(28(20-47)32(17-24)45-14-13-44-31-4-2-1-3-23(31)15-33(44)36(45)48)29-18-30(35-38-7-8-46(35)41-29)40-34-6-5-25(19-39-34)42-9-11-43(12-10-42)26-21-49-22-26/h5-8,15-19,26,47H,1-4,9-14,20-22H2,(H,39,40). The number of aliphatic hydroxyl groups is 1. The van der Waals surface area contributed by atoms with Crippen LogP contribution in [0.2, 0.25) is 0 Å². The number of anilines is 4. The van der Waals surface area contributed by atoms with Crippen molar-refractivity contribution in [3.8, 4) is 11.3 Å². The van der Waals surface area contributed by atoms with Crippen LogP contribution in [0.1, 0.15) is 40.2 Å². The van der Waals surface area contributed by atoms with E-state index in [0.717, 1.165) is 70.8 Å². The van der Waals surface area contributed by atoms with E-state index in [1.165, 1.54) is 23.4 Å². The quantitative estimate of drug-likeness (QED) is 0.266. The molecule has 5 aromatic rings. The summed E-state index contributed by atoms with van der Waals surface area (Å²) in [6.07, 6.45) is 9.44. The molecular weight excluding hydrogens is 625 g/mol. The maximum Gasteiger partial charge on any atom is 0.274 e. The van der Waals surface area contributed by atoms with E-state index in [9.17, 15) is 9.90 Å². The minimum absolute atomic E-state index is 0.184. The summed E-state index contributed by atoms with van der Waals surface area (Å²) in [5, 5.41) is 18.8. The summed E-state index contributed by atoms with van der Waals surface area (Å²) in [5.41, 5.74) is 6.99. The summed E-state index contributed by atoms with van der Waals surface area (Å²) < 4.78 is 24.6. The van der Waals surface area contributed by atoms with Crippen molar-refractivity contribution in [3.63, 3.8) is 0 Å². The van der Waals surface area contributed by atoms with Gasteiger partial charge in [0.25, 0.3) is 5.91 Å². The lowest BCUT2D eigenvalue weighted by Gasteiger charge is -2.43. The molecule has 12 nitrogen and oxygen atoms in total. The third kappa shape index (κ3) is 5.32. The number of carbonyl (C=O) groups excluding carboxylic acids is 1. The first-order valence-electron chi connectivity index (χ1n) is 17.1. The van der Waals surface area contributed by atoms with Crippen LogP contribution in [-0.4, -0.2) is 92.0 Å². The number of aliphatic hydroxyl groups excluding tert-OH is 1. The molecule has 0 atom stereocenters. The number of carbonyl (C=O) groups is 1. The van der Waals surface area contributed by atoms with Crippen LogP contribution in [-0.2, 0) is 30.7 Å². The molecule has 0 unspecified atom stereocenters. The molecule has 49 heavy (non-hydrogen) atoms. The van der Waals surface area contributed by atoms with Crippen molar-refractivity contribution in [3.05, 3.63) is 83.3 Å². The lowest BCUT2D eigenvalue weighted by Crippen LogP contribution is -2.56. The molecule has 1 aromatic carbocycles. The first kappa shape index (κ1) is 30.2. The van der Waals surface area contributed by atoms with E-state index >= 15 is 4.39 Å². The molecule has 3 aliphatic heterocycles. The van der Waals surface area contributed by atoms with Crippen LogP contribution < -0.4 is 15.1 Å². The topological polar surface area (TPSA) is 116 Å². The number of piperazine rings is 1. The molecular formula is C36H38FN9O3. The van der Waals surface area contributed by atoms with Gasteiger partial charge in [0.15, 0.2) is 5.65 Å². The Hall–Kier alpha value is -4.85. The van der Waals surface area contributed by atoms with Crippen molar-refractivity contribution in [1.82, 2.24) is 29.0 Å². The van der Waals surface area contributed by atoms with Crippen molar-refractivity contribution >= 4 is 34.4 Å². The Bertz CT molecular complexity index is 2050. The number of aryl methyl sites for hydroxylation is 1. The van der Waals surface area contributed by atoms with Crippen LogP contribution in [0.3, 0.4) is 0 Å². The lowest BCUT2D eigenvalue weighted by atomic mass is 9.98. The van der Waals surface area contributed by atoms with E-state index < -0.39 is 12.4 Å². The molecule has 1 aliphatic carbocycles. The second-order valence-corrected chi connectivity index (χ2v) is 13.3. The van der Waals surface area contributed by atoms with Gasteiger partial charge in [-0.15, -0.1) is 0 Å². The summed E-state index contributed by atoms with van der Waals surface area (Å²) >= 11 is 0. The fourth-order valence-corrected chi connectivity index (χ4v) is 7.83. The molecule has 9 rings (SSSR count). The number of aromatic nitrogens is 5. The largest absolute Gasteiger partial charge is 0.392 e. The molecule has 252 valence electrons. The minimum Gasteiger partial charge on any atom is -0.392 e. The molecule has 2 N–H and O–H groups in total. The molecule has 0 saturated carbocycles. The number of nitrogens with zero attached hydrogens (tertiary/aromatic N) is 8. The zero-order valence-corrected chi connectivity index (χ0v) is 27.2. The maximum atomic E-state index is 15.5. The highest BCUT2D eigenvalue weighted by molar-refractivity contribution is 6.07. The molecule has 1 amide bonds. The molecule has 4 aromatic heterocycles. The maximum absolute atomic E-state index is 15.5. The average Bonchev–Trinajstić information content (AvgIpc) is 3.74. The summed E-state index contributed by atoms with van der Waals surface area (Å²) in [5.74, 6) is -0.0731. The number of amides is 1. The fourth-order valence-electron chi connectivity index (χ4n) is 7.83. The van der Waals surface area contributed by atoms with E-state index in [0.29, 0.717) is 64.5 Å². The molecule has 0 bridgehead atoms. The van der Waals surface area contributed by atoms with Crippen LogP contribution in [0.15, 0.2) is 55.0 Å². The van der Waals surface area contributed by atoms with Crippen LogP contribution in [0.25, 0.3) is 16.9 Å². The van der Waals surface area contributed by atoms with Gasteiger partial charge in [-0.3, -0.25) is 9.69 Å². The lowest BCUT2D eigenvalue weighted by molar-refractivity contribution is -0.0660. The second-order valence-electron chi connectivity index (χ2n) is 13.3. The Kier molecular flexibility index (Phi) is 7.55. The normalized spacial score (nSPS) is 18.4. The highest BCUT2D eigenvalue weighted by Crippen LogP contribution is 2.37. The van der Waals surface area contributed by atoms with Gasteiger partial charge in [-0.25, -0.2) is 18.9 Å². The van der Waals surface area contributed by atoms with Gasteiger partial charge in [-0.2, -0.15) is 5.10 Å². The van der Waals surface area contributed by atoms with E-state index in [-0.39, 0.29) is 5.91 Å². The van der Waals surface area contributed by atoms with Crippen LogP contribution >= 0.6 is 0 Å². The van der Waals surface area contributed by atoms with E-state index in [4.69, 9.17) is 14.8 Å². The number of ether oxygens (including phenoxy) is 1.